The molecule has 0 heterocycles. The second kappa shape index (κ2) is 6.25. The van der Waals surface area contributed by atoms with Crippen LogP contribution in [0.15, 0.2) is 48.5 Å². The fraction of sp³-hybridized carbons (Fsp3) is 0.0667. The Morgan fingerprint density at radius 3 is 2.40 bits per heavy atom. The minimum Gasteiger partial charge on any atom is -0.330 e. The van der Waals surface area contributed by atoms with Crippen LogP contribution in [-0.2, 0) is 0 Å². The quantitative estimate of drug-likeness (QED) is 0.833. The molecule has 0 bridgehead atoms. The molecule has 5 heteroatoms. The molecule has 2 aromatic carbocycles. The molecule has 2 aromatic rings. The lowest BCUT2D eigenvalue weighted by atomic mass is 10.1. The Bertz CT molecular complexity index is 641. The number of hydrogen-bond donors (Lipinski definition) is 2. The normalized spacial score (nSPS) is 9.90. The van der Waals surface area contributed by atoms with Crippen LogP contribution in [0.2, 0.25) is 0 Å². The standard InChI is InChI=1S/C15H13FN2OS/c1-10-6-8-11(9-7-10)14(19)18-15(20)17-13-5-3-2-4-12(13)16/h2-9H,1H3,(H2,17,18,19,20). The van der Waals surface area contributed by atoms with Crippen LogP contribution >= 0.6 is 12.2 Å². The molecule has 0 unspecified atom stereocenters. The van der Waals surface area contributed by atoms with Crippen LogP contribution in [0.5, 0.6) is 0 Å². The molecule has 0 saturated carbocycles. The molecule has 20 heavy (non-hydrogen) atoms. The topological polar surface area (TPSA) is 41.1 Å². The number of anilines is 1. The van der Waals surface area contributed by atoms with Gasteiger partial charge in [-0.3, -0.25) is 10.1 Å². The monoisotopic (exact) mass is 288 g/mol. The Kier molecular flexibility index (Phi) is 4.42. The summed E-state index contributed by atoms with van der Waals surface area (Å²) in [6.45, 7) is 1.94. The third kappa shape index (κ3) is 3.61. The number of nitrogens with one attached hydrogen (secondary N) is 2. The van der Waals surface area contributed by atoms with Gasteiger partial charge in [0.05, 0.1) is 5.69 Å². The number of hydrogen-bond acceptors (Lipinski definition) is 2. The number of aryl methyl sites for hydroxylation is 1. The van der Waals surface area contributed by atoms with E-state index in [1.54, 1.807) is 30.3 Å². The predicted octanol–water partition coefficient (Wildman–Crippen LogP) is 3.26. The van der Waals surface area contributed by atoms with Crippen molar-refractivity contribution in [2.45, 2.75) is 6.92 Å². The summed E-state index contributed by atoms with van der Waals surface area (Å²) in [5.41, 5.74) is 1.78. The van der Waals surface area contributed by atoms with Crippen LogP contribution < -0.4 is 10.6 Å². The van der Waals surface area contributed by atoms with Gasteiger partial charge in [0.15, 0.2) is 5.11 Å². The number of carbonyl (C=O) groups is 1. The lowest BCUT2D eigenvalue weighted by Crippen LogP contribution is -2.34. The first-order valence-electron chi connectivity index (χ1n) is 6.00. The molecule has 2 N–H and O–H groups in total. The molecule has 2 rings (SSSR count). The molecule has 0 fully saturated rings. The maximum absolute atomic E-state index is 13.4. The van der Waals surface area contributed by atoms with Gasteiger partial charge in [-0.25, -0.2) is 4.39 Å². The molecular weight excluding hydrogens is 275 g/mol. The first-order valence-corrected chi connectivity index (χ1v) is 6.40. The van der Waals surface area contributed by atoms with E-state index in [-0.39, 0.29) is 16.7 Å². The van der Waals surface area contributed by atoms with Crippen LogP contribution in [0.4, 0.5) is 10.1 Å². The summed E-state index contributed by atoms with van der Waals surface area (Å²) in [6.07, 6.45) is 0. The SMILES string of the molecule is Cc1ccc(C(=O)NC(=S)Nc2ccccc2F)cc1. The van der Waals surface area contributed by atoms with Gasteiger partial charge in [-0.2, -0.15) is 0 Å². The maximum Gasteiger partial charge on any atom is 0.257 e. The number of para-hydroxylation sites is 1. The van der Waals surface area contributed by atoms with Crippen molar-refractivity contribution < 1.29 is 9.18 Å². The van der Waals surface area contributed by atoms with Gasteiger partial charge in [0.1, 0.15) is 5.82 Å². The second-order valence-corrected chi connectivity index (χ2v) is 4.66. The van der Waals surface area contributed by atoms with Crippen LogP contribution in [0.1, 0.15) is 15.9 Å². The van der Waals surface area contributed by atoms with Gasteiger partial charge in [-0.15, -0.1) is 0 Å². The van der Waals surface area contributed by atoms with Gasteiger partial charge < -0.3 is 5.32 Å². The summed E-state index contributed by atoms with van der Waals surface area (Å²) >= 11 is 4.99. The van der Waals surface area contributed by atoms with Crippen LogP contribution in [0, 0.1) is 12.7 Å². The molecular formula is C15H13FN2OS. The highest BCUT2D eigenvalue weighted by Crippen LogP contribution is 2.12. The Labute approximate surface area is 121 Å². The zero-order valence-corrected chi connectivity index (χ0v) is 11.6. The smallest absolute Gasteiger partial charge is 0.257 e. The first kappa shape index (κ1) is 14.1. The summed E-state index contributed by atoms with van der Waals surface area (Å²) in [5, 5.41) is 5.21. The lowest BCUT2D eigenvalue weighted by Gasteiger charge is -2.10. The third-order valence-electron chi connectivity index (χ3n) is 2.66. The van der Waals surface area contributed by atoms with Gasteiger partial charge in [0.25, 0.3) is 5.91 Å². The number of amides is 1. The van der Waals surface area contributed by atoms with Crippen molar-refractivity contribution in [2.75, 3.05) is 5.32 Å². The van der Waals surface area contributed by atoms with Crippen molar-refractivity contribution in [3.63, 3.8) is 0 Å². The summed E-state index contributed by atoms with van der Waals surface area (Å²) in [6, 6.07) is 13.2. The molecule has 0 aliphatic carbocycles. The Morgan fingerprint density at radius 1 is 1.10 bits per heavy atom. The van der Waals surface area contributed by atoms with Crippen molar-refractivity contribution in [3.05, 3.63) is 65.5 Å². The minimum atomic E-state index is -0.431. The van der Waals surface area contributed by atoms with Gasteiger partial charge in [-0.05, 0) is 43.4 Å². The van der Waals surface area contributed by atoms with Gasteiger partial charge in [-0.1, -0.05) is 29.8 Å². The summed E-state index contributed by atoms with van der Waals surface area (Å²) in [4.78, 5) is 11.9. The van der Waals surface area contributed by atoms with E-state index < -0.39 is 5.82 Å². The van der Waals surface area contributed by atoms with E-state index in [9.17, 15) is 9.18 Å². The highest BCUT2D eigenvalue weighted by molar-refractivity contribution is 7.80. The molecule has 3 nitrogen and oxygen atoms in total. The van der Waals surface area contributed by atoms with Crippen LogP contribution in [-0.4, -0.2) is 11.0 Å². The van der Waals surface area contributed by atoms with E-state index in [0.29, 0.717) is 5.56 Å². The fourth-order valence-electron chi connectivity index (χ4n) is 1.60. The average Bonchev–Trinajstić information content (AvgIpc) is 2.42. The summed E-state index contributed by atoms with van der Waals surface area (Å²) < 4.78 is 13.4. The van der Waals surface area contributed by atoms with Gasteiger partial charge in [0.2, 0.25) is 0 Å². The van der Waals surface area contributed by atoms with Crippen molar-refractivity contribution in [3.8, 4) is 0 Å². The minimum absolute atomic E-state index is 0.0562. The van der Waals surface area contributed by atoms with E-state index in [2.05, 4.69) is 10.6 Å². The van der Waals surface area contributed by atoms with E-state index in [1.165, 1.54) is 6.07 Å². The van der Waals surface area contributed by atoms with E-state index in [4.69, 9.17) is 12.2 Å². The van der Waals surface area contributed by atoms with Crippen molar-refractivity contribution >= 4 is 28.9 Å². The van der Waals surface area contributed by atoms with E-state index in [1.807, 2.05) is 19.1 Å². The molecule has 0 aliphatic rings. The molecule has 0 saturated heterocycles. The van der Waals surface area contributed by atoms with E-state index >= 15 is 0 Å². The number of rotatable bonds is 2. The highest BCUT2D eigenvalue weighted by atomic mass is 32.1. The van der Waals surface area contributed by atoms with Crippen molar-refractivity contribution in [2.24, 2.45) is 0 Å². The second-order valence-electron chi connectivity index (χ2n) is 4.25. The van der Waals surface area contributed by atoms with Gasteiger partial charge >= 0.3 is 0 Å². The molecule has 0 atom stereocenters. The zero-order chi connectivity index (χ0) is 14.5. The Morgan fingerprint density at radius 2 is 1.75 bits per heavy atom. The highest BCUT2D eigenvalue weighted by Gasteiger charge is 2.08. The third-order valence-corrected chi connectivity index (χ3v) is 2.87. The van der Waals surface area contributed by atoms with Crippen LogP contribution in [0.25, 0.3) is 0 Å². The molecule has 0 spiro atoms. The summed E-state index contributed by atoms with van der Waals surface area (Å²) in [5.74, 6) is -0.765. The Balaban J connectivity index is 2.00. The number of benzene rings is 2. The number of halogens is 1. The molecule has 1 amide bonds. The molecule has 0 aliphatic heterocycles. The molecule has 102 valence electrons. The zero-order valence-electron chi connectivity index (χ0n) is 10.8. The molecule has 0 radical (unpaired) electrons. The Hall–Kier alpha value is -2.27. The van der Waals surface area contributed by atoms with Gasteiger partial charge in [0, 0.05) is 5.56 Å². The van der Waals surface area contributed by atoms with Crippen molar-refractivity contribution in [1.82, 2.24) is 5.32 Å². The summed E-state index contributed by atoms with van der Waals surface area (Å²) in [7, 11) is 0. The maximum atomic E-state index is 13.4. The van der Waals surface area contributed by atoms with Crippen molar-refractivity contribution in [1.29, 1.82) is 0 Å². The largest absolute Gasteiger partial charge is 0.330 e. The molecule has 0 aromatic heterocycles. The lowest BCUT2D eigenvalue weighted by molar-refractivity contribution is 0.0977. The predicted molar refractivity (Wildman–Crippen MR) is 81.3 cm³/mol. The first-order chi connectivity index (χ1) is 9.56. The average molecular weight is 288 g/mol. The number of carbonyl (C=O) groups excluding carboxylic acids is 1. The van der Waals surface area contributed by atoms with E-state index in [0.717, 1.165) is 5.56 Å². The van der Waals surface area contributed by atoms with Crippen LogP contribution in [0.3, 0.4) is 0 Å². The number of thiocarbonyl (C=S) groups is 1. The fourth-order valence-corrected chi connectivity index (χ4v) is 1.80.